The van der Waals surface area contributed by atoms with Crippen molar-refractivity contribution in [1.29, 1.82) is 0 Å². The SMILES string of the molecule is Cn1c(N)nc2c(c1=O)n(C)c[n+]2CCCCO.[I-]. The van der Waals surface area contributed by atoms with Crippen molar-refractivity contribution in [1.82, 2.24) is 14.1 Å². The summed E-state index contributed by atoms with van der Waals surface area (Å²) in [5.41, 5.74) is 6.69. The molecule has 2 rings (SSSR count). The third-order valence-electron chi connectivity index (χ3n) is 3.03. The largest absolute Gasteiger partial charge is 1.00 e. The normalized spacial score (nSPS) is 10.7. The van der Waals surface area contributed by atoms with Crippen molar-refractivity contribution in [3.05, 3.63) is 16.7 Å². The number of nitrogens with zero attached hydrogens (tertiary/aromatic N) is 4. The standard InChI is InChI=1S/C11H17N5O2.HI/c1-14-7-16(5-3-4-6-17)9-8(14)10(18)15(2)11(12)13-9;/h7,17H,3-6H2,1-2H3,(H-,12,13,18);1H. The summed E-state index contributed by atoms with van der Waals surface area (Å²) < 4.78 is 4.98. The summed E-state index contributed by atoms with van der Waals surface area (Å²) in [4.78, 5) is 16.3. The van der Waals surface area contributed by atoms with Crippen LogP contribution in [0.3, 0.4) is 0 Å². The molecular weight excluding hydrogens is 361 g/mol. The number of halogens is 1. The fourth-order valence-electron chi connectivity index (χ4n) is 1.98. The molecule has 106 valence electrons. The average Bonchev–Trinajstić information content (AvgIpc) is 2.63. The van der Waals surface area contributed by atoms with E-state index in [0.29, 0.717) is 17.7 Å². The number of aliphatic hydroxyl groups is 1. The molecule has 0 aromatic carbocycles. The molecule has 0 radical (unpaired) electrons. The molecule has 0 aliphatic rings. The van der Waals surface area contributed by atoms with Gasteiger partial charge in [0, 0.05) is 13.7 Å². The van der Waals surface area contributed by atoms with E-state index in [1.807, 2.05) is 17.9 Å². The molecule has 2 aromatic rings. The fraction of sp³-hybridized carbons (Fsp3) is 0.545. The second kappa shape index (κ2) is 6.33. The van der Waals surface area contributed by atoms with Gasteiger partial charge < -0.3 is 34.8 Å². The molecule has 2 heterocycles. The summed E-state index contributed by atoms with van der Waals surface area (Å²) in [6.45, 7) is 0.875. The number of imidazole rings is 1. The van der Waals surface area contributed by atoms with Crippen LogP contribution in [0.1, 0.15) is 12.8 Å². The Hall–Kier alpha value is -1.16. The quantitative estimate of drug-likeness (QED) is 0.321. The maximum Gasteiger partial charge on any atom is 0.311 e. The number of aromatic nitrogens is 4. The number of nitrogens with two attached hydrogens (primary N) is 1. The van der Waals surface area contributed by atoms with Crippen LogP contribution in [-0.2, 0) is 20.6 Å². The highest BCUT2D eigenvalue weighted by Crippen LogP contribution is 2.05. The Morgan fingerprint density at radius 3 is 2.74 bits per heavy atom. The third kappa shape index (κ3) is 2.89. The van der Waals surface area contributed by atoms with E-state index in [9.17, 15) is 4.79 Å². The maximum atomic E-state index is 12.1. The molecule has 3 N–H and O–H groups in total. The molecule has 8 heteroatoms. The monoisotopic (exact) mass is 379 g/mol. The van der Waals surface area contributed by atoms with E-state index in [0.717, 1.165) is 12.8 Å². The molecule has 19 heavy (non-hydrogen) atoms. The Labute approximate surface area is 127 Å². The smallest absolute Gasteiger partial charge is 0.311 e. The van der Waals surface area contributed by atoms with Gasteiger partial charge in [0.1, 0.15) is 0 Å². The Morgan fingerprint density at radius 1 is 1.42 bits per heavy atom. The van der Waals surface area contributed by atoms with Gasteiger partial charge in [-0.3, -0.25) is 13.9 Å². The van der Waals surface area contributed by atoms with E-state index in [1.54, 1.807) is 11.6 Å². The summed E-state index contributed by atoms with van der Waals surface area (Å²) in [7, 11) is 3.41. The van der Waals surface area contributed by atoms with Crippen LogP contribution >= 0.6 is 0 Å². The summed E-state index contributed by atoms with van der Waals surface area (Å²) in [6.07, 6.45) is 3.39. The number of unbranched alkanes of at least 4 members (excludes halogenated alkanes) is 1. The van der Waals surface area contributed by atoms with Crippen LogP contribution in [0.5, 0.6) is 0 Å². The number of hydrogen-bond donors (Lipinski definition) is 2. The van der Waals surface area contributed by atoms with Crippen molar-refractivity contribution in [2.75, 3.05) is 12.3 Å². The molecule has 7 nitrogen and oxygen atoms in total. The Bertz CT molecular complexity index is 634. The fourth-order valence-corrected chi connectivity index (χ4v) is 1.98. The van der Waals surface area contributed by atoms with Crippen molar-refractivity contribution >= 4 is 17.1 Å². The molecule has 2 aromatic heterocycles. The first-order valence-corrected chi connectivity index (χ1v) is 5.88. The first-order chi connectivity index (χ1) is 8.56. The van der Waals surface area contributed by atoms with Gasteiger partial charge in [0.2, 0.25) is 5.52 Å². The van der Waals surface area contributed by atoms with Gasteiger partial charge in [-0.1, -0.05) is 4.98 Å². The minimum atomic E-state index is -0.152. The first-order valence-electron chi connectivity index (χ1n) is 5.88. The molecule has 0 aliphatic carbocycles. The van der Waals surface area contributed by atoms with E-state index >= 15 is 0 Å². The van der Waals surface area contributed by atoms with Crippen LogP contribution in [0.4, 0.5) is 5.95 Å². The topological polar surface area (TPSA) is 90.0 Å². The molecule has 0 amide bonds. The number of aryl methyl sites for hydroxylation is 2. The maximum absolute atomic E-state index is 12.1. The predicted octanol–water partition coefficient (Wildman–Crippen LogP) is -4.08. The minimum absolute atomic E-state index is 0. The minimum Gasteiger partial charge on any atom is -1.00 e. The van der Waals surface area contributed by atoms with E-state index < -0.39 is 0 Å². The van der Waals surface area contributed by atoms with Crippen LogP contribution in [0.25, 0.3) is 11.2 Å². The van der Waals surface area contributed by atoms with Gasteiger partial charge in [-0.2, -0.15) is 0 Å². The van der Waals surface area contributed by atoms with Crippen molar-refractivity contribution in [3.63, 3.8) is 0 Å². The van der Waals surface area contributed by atoms with Crippen LogP contribution in [0.2, 0.25) is 0 Å². The van der Waals surface area contributed by atoms with Gasteiger partial charge >= 0.3 is 11.2 Å². The average molecular weight is 379 g/mol. The van der Waals surface area contributed by atoms with Crippen molar-refractivity contribution in [2.45, 2.75) is 19.4 Å². The van der Waals surface area contributed by atoms with E-state index in [-0.39, 0.29) is 42.1 Å². The summed E-state index contributed by atoms with van der Waals surface area (Å²) in [6, 6.07) is 0. The summed E-state index contributed by atoms with van der Waals surface area (Å²) in [5.74, 6) is 0.203. The van der Waals surface area contributed by atoms with Gasteiger partial charge in [0.05, 0.1) is 13.6 Å². The Morgan fingerprint density at radius 2 is 2.11 bits per heavy atom. The lowest BCUT2D eigenvalue weighted by atomic mass is 10.3. The molecular formula is C11H18IN5O2. The summed E-state index contributed by atoms with van der Waals surface area (Å²) >= 11 is 0. The number of nitrogen functional groups attached to an aromatic ring is 1. The highest BCUT2D eigenvalue weighted by molar-refractivity contribution is 5.67. The van der Waals surface area contributed by atoms with Gasteiger partial charge in [-0.15, -0.1) is 0 Å². The van der Waals surface area contributed by atoms with Crippen molar-refractivity contribution in [3.8, 4) is 0 Å². The number of fused-ring (bicyclic) bond motifs is 1. The van der Waals surface area contributed by atoms with Gasteiger partial charge in [-0.25, -0.2) is 4.57 Å². The second-order valence-corrected chi connectivity index (χ2v) is 4.36. The lowest BCUT2D eigenvalue weighted by Gasteiger charge is -1.99. The Kier molecular flexibility index (Phi) is 5.29. The third-order valence-corrected chi connectivity index (χ3v) is 3.03. The zero-order valence-corrected chi connectivity index (χ0v) is 13.2. The molecule has 0 unspecified atom stereocenters. The van der Waals surface area contributed by atoms with E-state index in [4.69, 9.17) is 10.8 Å². The zero-order valence-electron chi connectivity index (χ0n) is 11.0. The van der Waals surface area contributed by atoms with Gasteiger partial charge in [-0.05, 0) is 12.8 Å². The molecule has 0 bridgehead atoms. The van der Waals surface area contributed by atoms with E-state index in [1.165, 1.54) is 4.57 Å². The highest BCUT2D eigenvalue weighted by Gasteiger charge is 2.20. The number of hydrogen-bond acceptors (Lipinski definition) is 4. The van der Waals surface area contributed by atoms with Gasteiger partial charge in [0.25, 0.3) is 5.95 Å². The molecule has 0 fully saturated rings. The molecule has 0 saturated heterocycles. The van der Waals surface area contributed by atoms with Crippen molar-refractivity contribution in [2.24, 2.45) is 14.1 Å². The zero-order chi connectivity index (χ0) is 13.3. The molecule has 0 spiro atoms. The molecule has 0 atom stereocenters. The van der Waals surface area contributed by atoms with Crippen LogP contribution in [-0.4, -0.2) is 25.8 Å². The van der Waals surface area contributed by atoms with Crippen LogP contribution < -0.4 is 39.8 Å². The highest BCUT2D eigenvalue weighted by atomic mass is 127. The number of rotatable bonds is 4. The van der Waals surface area contributed by atoms with Crippen LogP contribution in [0, 0.1) is 0 Å². The first kappa shape index (κ1) is 15.9. The van der Waals surface area contributed by atoms with E-state index in [2.05, 4.69) is 4.98 Å². The number of aliphatic hydroxyl groups excluding tert-OH is 1. The summed E-state index contributed by atoms with van der Waals surface area (Å²) in [5, 5.41) is 8.78. The molecule has 0 aliphatic heterocycles. The Balaban J connectivity index is 0.00000180. The van der Waals surface area contributed by atoms with Crippen LogP contribution in [0.15, 0.2) is 11.1 Å². The second-order valence-electron chi connectivity index (χ2n) is 4.36. The van der Waals surface area contributed by atoms with Gasteiger partial charge in [0.15, 0.2) is 6.33 Å². The predicted molar refractivity (Wildman–Crippen MR) is 66.9 cm³/mol. The lowest BCUT2D eigenvalue weighted by molar-refractivity contribution is -0.674. The molecule has 0 saturated carbocycles. The van der Waals surface area contributed by atoms with Crippen molar-refractivity contribution < 1.29 is 33.7 Å². The lowest BCUT2D eigenvalue weighted by Crippen LogP contribution is -3.00. The number of anilines is 1.